The molecule has 14 heavy (non-hydrogen) atoms. The van der Waals surface area contributed by atoms with Gasteiger partial charge < -0.3 is 20.3 Å². The van der Waals surface area contributed by atoms with Crippen molar-refractivity contribution in [2.45, 2.75) is 6.23 Å². The number of carbonyl (C=O) groups is 3. The normalized spacial score (nSPS) is 11.4. The van der Waals surface area contributed by atoms with Gasteiger partial charge in [-0.2, -0.15) is 0 Å². The Morgan fingerprint density at radius 2 is 2.00 bits per heavy atom. The number of amides is 1. The van der Waals surface area contributed by atoms with E-state index >= 15 is 0 Å². The minimum atomic E-state index is -1.68. The van der Waals surface area contributed by atoms with E-state index in [0.717, 1.165) is 6.08 Å². The monoisotopic (exact) mass is 203 g/mol. The summed E-state index contributed by atoms with van der Waals surface area (Å²) in [5.41, 5.74) is 0. The molecule has 0 aliphatic heterocycles. The summed E-state index contributed by atoms with van der Waals surface area (Å²) in [7, 11) is 0. The third-order valence-electron chi connectivity index (χ3n) is 1.06. The van der Waals surface area contributed by atoms with E-state index in [1.54, 1.807) is 0 Å². The Labute approximate surface area is 79.0 Å². The molecule has 0 fully saturated rings. The average molecular weight is 203 g/mol. The summed E-state index contributed by atoms with van der Waals surface area (Å²) in [5.74, 6) is -3.58. The van der Waals surface area contributed by atoms with Crippen LogP contribution in [0.3, 0.4) is 0 Å². The lowest BCUT2D eigenvalue weighted by Gasteiger charge is -2.12. The van der Waals surface area contributed by atoms with Crippen LogP contribution in [0.15, 0.2) is 12.7 Å². The number of rotatable bonds is 6. The molecule has 0 aliphatic carbocycles. The zero-order valence-corrected chi connectivity index (χ0v) is 7.10. The number of hydrogen-bond acceptors (Lipinski definition) is 4. The van der Waals surface area contributed by atoms with Crippen LogP contribution in [0.4, 0.5) is 0 Å². The summed E-state index contributed by atoms with van der Waals surface area (Å²) in [6.07, 6.45) is -0.836. The van der Waals surface area contributed by atoms with Gasteiger partial charge in [-0.3, -0.25) is 4.79 Å². The van der Waals surface area contributed by atoms with Crippen molar-refractivity contribution in [3.63, 3.8) is 0 Å². The Morgan fingerprint density at radius 3 is 2.36 bits per heavy atom. The molecule has 3 N–H and O–H groups in total. The summed E-state index contributed by atoms with van der Waals surface area (Å²) in [5, 5.41) is 18.5. The Kier molecular flexibility index (Phi) is 4.93. The minimum Gasteiger partial charge on any atom is -0.480 e. The summed E-state index contributed by atoms with van der Waals surface area (Å²) < 4.78 is 4.36. The topological polar surface area (TPSA) is 113 Å². The first-order valence-electron chi connectivity index (χ1n) is 3.46. The number of ether oxygens (including phenoxy) is 1. The van der Waals surface area contributed by atoms with Crippen molar-refractivity contribution in [2.75, 3.05) is 6.61 Å². The maximum Gasteiger partial charge on any atom is 0.354 e. The van der Waals surface area contributed by atoms with Gasteiger partial charge in [0, 0.05) is 0 Å². The van der Waals surface area contributed by atoms with Crippen LogP contribution < -0.4 is 5.32 Å². The summed E-state index contributed by atoms with van der Waals surface area (Å²) in [6.45, 7) is 2.28. The van der Waals surface area contributed by atoms with Gasteiger partial charge in [-0.1, -0.05) is 6.58 Å². The van der Waals surface area contributed by atoms with Crippen LogP contribution >= 0.6 is 0 Å². The zero-order valence-electron chi connectivity index (χ0n) is 7.10. The first kappa shape index (κ1) is 12.1. The highest BCUT2D eigenvalue weighted by atomic mass is 16.5. The molecule has 0 saturated carbocycles. The number of carboxylic acids is 2. The molecule has 0 bridgehead atoms. The van der Waals surface area contributed by atoms with E-state index in [4.69, 9.17) is 10.2 Å². The number of carboxylic acid groups (broad SMARTS) is 2. The van der Waals surface area contributed by atoms with Crippen LogP contribution in [0.2, 0.25) is 0 Å². The van der Waals surface area contributed by atoms with Crippen LogP contribution in [0.1, 0.15) is 0 Å². The molecule has 0 radical (unpaired) electrons. The van der Waals surface area contributed by atoms with Gasteiger partial charge in [0.05, 0.1) is 0 Å². The van der Waals surface area contributed by atoms with Gasteiger partial charge in [0.1, 0.15) is 6.61 Å². The summed E-state index contributed by atoms with van der Waals surface area (Å²) in [4.78, 5) is 31.1. The zero-order chi connectivity index (χ0) is 11.1. The number of aliphatic carboxylic acids is 2. The molecule has 0 aromatic rings. The molecule has 0 saturated heterocycles. The van der Waals surface area contributed by atoms with E-state index in [9.17, 15) is 14.4 Å². The van der Waals surface area contributed by atoms with E-state index in [0.29, 0.717) is 0 Å². The highest BCUT2D eigenvalue weighted by Gasteiger charge is 2.20. The molecular weight excluding hydrogens is 194 g/mol. The fraction of sp³-hybridized carbons (Fsp3) is 0.286. The highest BCUT2D eigenvalue weighted by Crippen LogP contribution is 1.88. The van der Waals surface area contributed by atoms with Crippen molar-refractivity contribution in [3.8, 4) is 0 Å². The van der Waals surface area contributed by atoms with E-state index < -0.39 is 30.7 Å². The molecule has 1 amide bonds. The van der Waals surface area contributed by atoms with Gasteiger partial charge >= 0.3 is 11.9 Å². The molecular formula is C7H9NO6. The fourth-order valence-corrected chi connectivity index (χ4v) is 0.517. The third-order valence-corrected chi connectivity index (χ3v) is 1.06. The lowest BCUT2D eigenvalue weighted by molar-refractivity contribution is -0.160. The first-order valence-corrected chi connectivity index (χ1v) is 3.46. The maximum atomic E-state index is 10.7. The molecule has 1 unspecified atom stereocenters. The van der Waals surface area contributed by atoms with Crippen molar-refractivity contribution in [1.82, 2.24) is 5.32 Å². The molecule has 1 atom stereocenters. The molecule has 7 heteroatoms. The van der Waals surface area contributed by atoms with Gasteiger partial charge in [0.2, 0.25) is 12.1 Å². The Hall–Kier alpha value is -1.89. The maximum absolute atomic E-state index is 10.7. The number of hydrogen-bond donors (Lipinski definition) is 3. The molecule has 0 heterocycles. The van der Waals surface area contributed by atoms with Crippen molar-refractivity contribution in [1.29, 1.82) is 0 Å². The molecule has 0 rings (SSSR count). The lowest BCUT2D eigenvalue weighted by atomic mass is 10.5. The second-order valence-electron chi connectivity index (χ2n) is 2.14. The average Bonchev–Trinajstić information content (AvgIpc) is 2.10. The predicted octanol–water partition coefficient (Wildman–Crippen LogP) is -1.20. The summed E-state index contributed by atoms with van der Waals surface area (Å²) >= 11 is 0. The molecule has 0 aliphatic rings. The molecule has 78 valence electrons. The standard InChI is InChI=1S/C7H9NO6/c1-2-4(9)8-6(7(12)13)14-3-5(10)11/h2,6H,1,3H2,(H,8,9)(H,10,11)(H,12,13). The smallest absolute Gasteiger partial charge is 0.354 e. The molecule has 0 spiro atoms. The molecule has 7 nitrogen and oxygen atoms in total. The van der Waals surface area contributed by atoms with E-state index in [1.165, 1.54) is 0 Å². The van der Waals surface area contributed by atoms with Gasteiger partial charge in [-0.15, -0.1) is 0 Å². The van der Waals surface area contributed by atoms with Crippen molar-refractivity contribution in [2.24, 2.45) is 0 Å². The van der Waals surface area contributed by atoms with Gasteiger partial charge in [0.25, 0.3) is 0 Å². The van der Waals surface area contributed by atoms with E-state index in [2.05, 4.69) is 11.3 Å². The first-order chi connectivity index (χ1) is 6.47. The Morgan fingerprint density at radius 1 is 1.43 bits per heavy atom. The van der Waals surface area contributed by atoms with E-state index in [1.807, 2.05) is 5.32 Å². The van der Waals surface area contributed by atoms with Crippen molar-refractivity contribution in [3.05, 3.63) is 12.7 Å². The largest absolute Gasteiger partial charge is 0.480 e. The fourth-order valence-electron chi connectivity index (χ4n) is 0.517. The van der Waals surface area contributed by atoms with Gasteiger partial charge in [0.15, 0.2) is 0 Å². The minimum absolute atomic E-state index is 0.761. The molecule has 0 aromatic carbocycles. The van der Waals surface area contributed by atoms with Crippen LogP contribution in [0, 0.1) is 0 Å². The Balaban J connectivity index is 4.15. The number of nitrogens with one attached hydrogen (secondary N) is 1. The van der Waals surface area contributed by atoms with Crippen molar-refractivity contribution < 1.29 is 29.3 Å². The van der Waals surface area contributed by atoms with Crippen LogP contribution in [-0.2, 0) is 19.1 Å². The van der Waals surface area contributed by atoms with E-state index in [-0.39, 0.29) is 0 Å². The molecule has 0 aromatic heterocycles. The van der Waals surface area contributed by atoms with Crippen molar-refractivity contribution >= 4 is 17.8 Å². The van der Waals surface area contributed by atoms with Crippen LogP contribution in [-0.4, -0.2) is 40.9 Å². The van der Waals surface area contributed by atoms with Crippen LogP contribution in [0.5, 0.6) is 0 Å². The highest BCUT2D eigenvalue weighted by molar-refractivity contribution is 5.90. The van der Waals surface area contributed by atoms with Crippen LogP contribution in [0.25, 0.3) is 0 Å². The lowest BCUT2D eigenvalue weighted by Crippen LogP contribution is -2.42. The second-order valence-corrected chi connectivity index (χ2v) is 2.14. The summed E-state index contributed by atoms with van der Waals surface area (Å²) in [6, 6.07) is 0. The predicted molar refractivity (Wildman–Crippen MR) is 43.4 cm³/mol. The number of carbonyl (C=O) groups excluding carboxylic acids is 1. The van der Waals surface area contributed by atoms with Gasteiger partial charge in [-0.25, -0.2) is 9.59 Å². The quantitative estimate of drug-likeness (QED) is 0.369. The third kappa shape index (κ3) is 4.88. The van der Waals surface area contributed by atoms with Gasteiger partial charge in [-0.05, 0) is 6.08 Å². The Bertz CT molecular complexity index is 261. The second kappa shape index (κ2) is 5.70. The SMILES string of the molecule is C=CC(=O)NC(OCC(=O)O)C(=O)O.